The largest absolute Gasteiger partial charge is 0.366 e. The fraction of sp³-hybridized carbons (Fsp3) is 0.0833. The van der Waals surface area contributed by atoms with E-state index in [0.29, 0.717) is 0 Å². The normalized spacial score (nSPS) is 11.3. The monoisotopic (exact) mass is 217 g/mol. The zero-order chi connectivity index (χ0) is 10.8. The average molecular weight is 217 g/mol. The lowest BCUT2D eigenvalue weighted by atomic mass is 10.2. The zero-order valence-corrected chi connectivity index (χ0v) is 9.17. The van der Waals surface area contributed by atoms with Crippen LogP contribution < -0.4 is 5.73 Å². The molecule has 0 spiro atoms. The van der Waals surface area contributed by atoms with Crippen molar-refractivity contribution in [2.75, 3.05) is 0 Å². The topological polar surface area (TPSA) is 43.1 Å². The molecule has 2 N–H and O–H groups in total. The molecule has 0 aliphatic heterocycles. The molecular formula is C12H11NOS. The van der Waals surface area contributed by atoms with Gasteiger partial charge in [0.05, 0.1) is 0 Å². The van der Waals surface area contributed by atoms with Gasteiger partial charge in [0.15, 0.2) is 0 Å². The summed E-state index contributed by atoms with van der Waals surface area (Å²) in [5, 5.41) is 1.21. The first-order valence-corrected chi connectivity index (χ1v) is 5.44. The van der Waals surface area contributed by atoms with Gasteiger partial charge in [0.1, 0.15) is 0 Å². The summed E-state index contributed by atoms with van der Waals surface area (Å²) in [6.07, 6.45) is 3.14. The van der Waals surface area contributed by atoms with Crippen molar-refractivity contribution in [1.82, 2.24) is 0 Å². The molecule has 1 heterocycles. The minimum Gasteiger partial charge on any atom is -0.366 e. The number of amides is 1. The van der Waals surface area contributed by atoms with E-state index in [1.54, 1.807) is 17.4 Å². The maximum absolute atomic E-state index is 10.6. The minimum atomic E-state index is -0.413. The van der Waals surface area contributed by atoms with E-state index < -0.39 is 5.91 Å². The van der Waals surface area contributed by atoms with Crippen molar-refractivity contribution in [2.24, 2.45) is 5.73 Å². The molecule has 0 radical (unpaired) electrons. The van der Waals surface area contributed by atoms with Gasteiger partial charge in [-0.3, -0.25) is 4.79 Å². The Labute approximate surface area is 92.0 Å². The van der Waals surface area contributed by atoms with Gasteiger partial charge in [-0.2, -0.15) is 0 Å². The van der Waals surface area contributed by atoms with Crippen LogP contribution in [0.4, 0.5) is 0 Å². The van der Waals surface area contributed by atoms with Crippen molar-refractivity contribution < 1.29 is 4.79 Å². The SMILES string of the molecule is Cc1ccc2sc(/C=C/C(N)=O)cc2c1. The molecule has 2 aromatic rings. The number of fused-ring (bicyclic) bond motifs is 1. The quantitative estimate of drug-likeness (QED) is 0.772. The van der Waals surface area contributed by atoms with Gasteiger partial charge in [0, 0.05) is 15.7 Å². The molecule has 3 heteroatoms. The molecule has 0 fully saturated rings. The summed E-state index contributed by atoms with van der Waals surface area (Å²) < 4.78 is 1.23. The molecule has 0 aliphatic rings. The smallest absolute Gasteiger partial charge is 0.241 e. The van der Waals surface area contributed by atoms with Gasteiger partial charge in [-0.1, -0.05) is 17.7 Å². The van der Waals surface area contributed by atoms with Crippen LogP contribution in [-0.4, -0.2) is 5.91 Å². The lowest BCUT2D eigenvalue weighted by Gasteiger charge is -1.89. The van der Waals surface area contributed by atoms with E-state index in [-0.39, 0.29) is 0 Å². The number of nitrogens with two attached hydrogens (primary N) is 1. The first kappa shape index (κ1) is 9.93. The number of thiophene rings is 1. The van der Waals surface area contributed by atoms with Gasteiger partial charge in [0.2, 0.25) is 5.91 Å². The molecule has 0 atom stereocenters. The lowest BCUT2D eigenvalue weighted by molar-refractivity contribution is -0.113. The van der Waals surface area contributed by atoms with Crippen molar-refractivity contribution in [3.05, 3.63) is 40.8 Å². The maximum atomic E-state index is 10.6. The van der Waals surface area contributed by atoms with Crippen molar-refractivity contribution in [2.45, 2.75) is 6.92 Å². The highest BCUT2D eigenvalue weighted by Gasteiger charge is 1.99. The van der Waals surface area contributed by atoms with Crippen LogP contribution in [0.1, 0.15) is 10.4 Å². The highest BCUT2D eigenvalue weighted by molar-refractivity contribution is 7.19. The predicted octanol–water partition coefficient (Wildman–Crippen LogP) is 2.71. The molecular weight excluding hydrogens is 206 g/mol. The summed E-state index contributed by atoms with van der Waals surface area (Å²) >= 11 is 1.65. The molecule has 0 bridgehead atoms. The Morgan fingerprint density at radius 2 is 2.20 bits per heavy atom. The Bertz CT molecular complexity index is 540. The molecule has 0 aliphatic carbocycles. The van der Waals surface area contributed by atoms with Crippen molar-refractivity contribution >= 4 is 33.4 Å². The van der Waals surface area contributed by atoms with Gasteiger partial charge in [0.25, 0.3) is 0 Å². The summed E-state index contributed by atoms with van der Waals surface area (Å²) in [7, 11) is 0. The molecule has 1 aromatic heterocycles. The molecule has 0 saturated carbocycles. The van der Waals surface area contributed by atoms with Crippen molar-refractivity contribution in [3.8, 4) is 0 Å². The second-order valence-corrected chi connectivity index (χ2v) is 4.54. The van der Waals surface area contributed by atoms with Gasteiger partial charge in [-0.15, -0.1) is 11.3 Å². The van der Waals surface area contributed by atoms with Crippen LogP contribution in [-0.2, 0) is 4.79 Å². The van der Waals surface area contributed by atoms with E-state index in [0.717, 1.165) is 4.88 Å². The first-order valence-electron chi connectivity index (χ1n) is 4.63. The fourth-order valence-corrected chi connectivity index (χ4v) is 2.38. The summed E-state index contributed by atoms with van der Waals surface area (Å²) in [6.45, 7) is 2.07. The third kappa shape index (κ3) is 2.25. The van der Waals surface area contributed by atoms with E-state index in [1.807, 2.05) is 0 Å². The number of primary amides is 1. The van der Waals surface area contributed by atoms with E-state index in [9.17, 15) is 4.79 Å². The highest BCUT2D eigenvalue weighted by Crippen LogP contribution is 2.27. The number of carbonyl (C=O) groups excluding carboxylic acids is 1. The van der Waals surface area contributed by atoms with E-state index >= 15 is 0 Å². The van der Waals surface area contributed by atoms with Crippen LogP contribution in [0, 0.1) is 6.92 Å². The van der Waals surface area contributed by atoms with Crippen LogP contribution in [0.15, 0.2) is 30.3 Å². The number of hydrogen-bond acceptors (Lipinski definition) is 2. The summed E-state index contributed by atoms with van der Waals surface area (Å²) in [5.41, 5.74) is 6.28. The van der Waals surface area contributed by atoms with Crippen LogP contribution in [0.5, 0.6) is 0 Å². The van der Waals surface area contributed by atoms with Crippen LogP contribution in [0.3, 0.4) is 0 Å². The molecule has 2 rings (SSSR count). The Balaban J connectivity index is 2.43. The molecule has 2 nitrogen and oxygen atoms in total. The summed E-state index contributed by atoms with van der Waals surface area (Å²) in [5.74, 6) is -0.413. The van der Waals surface area contributed by atoms with Gasteiger partial charge in [-0.05, 0) is 30.5 Å². The van der Waals surface area contributed by atoms with E-state index in [4.69, 9.17) is 5.73 Å². The summed E-state index contributed by atoms with van der Waals surface area (Å²) in [6, 6.07) is 8.37. The fourth-order valence-electron chi connectivity index (χ4n) is 1.43. The third-order valence-electron chi connectivity index (χ3n) is 2.10. The Hall–Kier alpha value is -1.61. The molecule has 0 saturated heterocycles. The van der Waals surface area contributed by atoms with Crippen molar-refractivity contribution in [1.29, 1.82) is 0 Å². The Morgan fingerprint density at radius 3 is 2.93 bits per heavy atom. The zero-order valence-electron chi connectivity index (χ0n) is 8.36. The number of aryl methyl sites for hydroxylation is 1. The molecule has 1 amide bonds. The average Bonchev–Trinajstić information content (AvgIpc) is 2.56. The second kappa shape index (κ2) is 3.87. The lowest BCUT2D eigenvalue weighted by Crippen LogP contribution is -2.04. The van der Waals surface area contributed by atoms with Crippen LogP contribution in [0.2, 0.25) is 0 Å². The molecule has 15 heavy (non-hydrogen) atoms. The minimum absolute atomic E-state index is 0.413. The highest BCUT2D eigenvalue weighted by atomic mass is 32.1. The van der Waals surface area contributed by atoms with E-state index in [2.05, 4.69) is 31.2 Å². The summed E-state index contributed by atoms with van der Waals surface area (Å²) in [4.78, 5) is 11.6. The molecule has 0 unspecified atom stereocenters. The third-order valence-corrected chi connectivity index (χ3v) is 3.18. The number of benzene rings is 1. The van der Waals surface area contributed by atoms with Crippen LogP contribution in [0.25, 0.3) is 16.2 Å². The van der Waals surface area contributed by atoms with Gasteiger partial charge < -0.3 is 5.73 Å². The van der Waals surface area contributed by atoms with Gasteiger partial charge in [-0.25, -0.2) is 0 Å². The van der Waals surface area contributed by atoms with Gasteiger partial charge >= 0.3 is 0 Å². The predicted molar refractivity (Wildman–Crippen MR) is 64.8 cm³/mol. The Morgan fingerprint density at radius 1 is 1.40 bits per heavy atom. The Kier molecular flexibility index (Phi) is 2.56. The van der Waals surface area contributed by atoms with Crippen molar-refractivity contribution in [3.63, 3.8) is 0 Å². The number of carbonyl (C=O) groups is 1. The number of rotatable bonds is 2. The second-order valence-electron chi connectivity index (χ2n) is 3.43. The van der Waals surface area contributed by atoms with Crippen LogP contribution >= 0.6 is 11.3 Å². The molecule has 76 valence electrons. The van der Waals surface area contributed by atoms with E-state index in [1.165, 1.54) is 21.7 Å². The number of hydrogen-bond donors (Lipinski definition) is 1. The first-order chi connectivity index (χ1) is 7.15. The maximum Gasteiger partial charge on any atom is 0.241 e. The standard InChI is InChI=1S/C12H11NOS/c1-8-2-4-11-9(6-8)7-10(15-11)3-5-12(13)14/h2-7H,1H3,(H2,13,14)/b5-3+. The molecule has 1 aromatic carbocycles.